The van der Waals surface area contributed by atoms with E-state index in [1.165, 1.54) is 0 Å². The molecule has 0 bridgehead atoms. The van der Waals surface area contributed by atoms with Crippen molar-refractivity contribution in [3.05, 3.63) is 10.4 Å². The number of hydrogen-bond acceptors (Lipinski definition) is 6. The van der Waals surface area contributed by atoms with Gasteiger partial charge in [-0.1, -0.05) is 0 Å². The first kappa shape index (κ1) is 11.6. The molecule has 96 valence electrons. The number of anilines is 1. The summed E-state index contributed by atoms with van der Waals surface area (Å²) >= 11 is 1.62. The van der Waals surface area contributed by atoms with E-state index in [1.807, 2.05) is 12.3 Å². The summed E-state index contributed by atoms with van der Waals surface area (Å²) in [6, 6.07) is 0.474. The molecule has 0 saturated carbocycles. The lowest BCUT2D eigenvalue weighted by Gasteiger charge is -2.30. The highest BCUT2D eigenvalue weighted by Gasteiger charge is 2.19. The molecule has 1 unspecified atom stereocenters. The van der Waals surface area contributed by atoms with Crippen LogP contribution < -0.4 is 10.2 Å². The Morgan fingerprint density at radius 1 is 1.44 bits per heavy atom. The fourth-order valence-corrected chi connectivity index (χ4v) is 2.69. The lowest BCUT2D eigenvalue weighted by atomic mass is 10.2. The third-order valence-electron chi connectivity index (χ3n) is 2.99. The van der Waals surface area contributed by atoms with Crippen LogP contribution in [0.2, 0.25) is 0 Å². The predicted octanol–water partition coefficient (Wildman–Crippen LogP) is 1.03. The van der Waals surface area contributed by atoms with Gasteiger partial charge in [0, 0.05) is 31.1 Å². The molecule has 0 radical (unpaired) electrons. The molecule has 2 aromatic heterocycles. The van der Waals surface area contributed by atoms with Crippen molar-refractivity contribution in [3.8, 4) is 11.5 Å². The zero-order valence-corrected chi connectivity index (χ0v) is 11.3. The second-order valence-corrected chi connectivity index (χ2v) is 5.60. The summed E-state index contributed by atoms with van der Waals surface area (Å²) in [5.74, 6) is 1.52. The van der Waals surface area contributed by atoms with Crippen LogP contribution in [0, 0.1) is 6.92 Å². The Kier molecular flexibility index (Phi) is 3.00. The van der Waals surface area contributed by atoms with Gasteiger partial charge in [-0.15, -0.1) is 16.4 Å². The van der Waals surface area contributed by atoms with E-state index in [1.54, 1.807) is 11.3 Å². The molecule has 0 spiro atoms. The number of hydrogen-bond donors (Lipinski definition) is 2. The predicted molar refractivity (Wildman–Crippen MR) is 71.9 cm³/mol. The third kappa shape index (κ3) is 2.23. The van der Waals surface area contributed by atoms with Crippen LogP contribution in [0.3, 0.4) is 0 Å². The van der Waals surface area contributed by atoms with E-state index < -0.39 is 0 Å². The van der Waals surface area contributed by atoms with E-state index in [2.05, 4.69) is 37.3 Å². The number of H-pyrrole nitrogens is 1. The molecule has 1 aliphatic rings. The fourth-order valence-electron chi connectivity index (χ4n) is 2.10. The molecule has 7 heteroatoms. The summed E-state index contributed by atoms with van der Waals surface area (Å²) in [6.45, 7) is 7.01. The number of piperazine rings is 1. The van der Waals surface area contributed by atoms with Crippen LogP contribution in [-0.2, 0) is 0 Å². The molecule has 0 amide bonds. The van der Waals surface area contributed by atoms with E-state index in [0.29, 0.717) is 6.04 Å². The number of nitrogens with one attached hydrogen (secondary N) is 2. The molecule has 6 nitrogen and oxygen atoms in total. The van der Waals surface area contributed by atoms with Crippen molar-refractivity contribution in [3.63, 3.8) is 0 Å². The largest absolute Gasteiger partial charge is 0.337 e. The van der Waals surface area contributed by atoms with Gasteiger partial charge in [-0.25, -0.2) is 4.98 Å². The van der Waals surface area contributed by atoms with Crippen LogP contribution in [0.4, 0.5) is 5.95 Å². The standard InChI is InChI=1S/C11H16N6S/c1-7-5-17(4-3-12-7)11-14-10(15-16-11)9-6-18-8(2)13-9/h6-7,12H,3-5H2,1-2H3,(H,14,15,16). The van der Waals surface area contributed by atoms with Crippen molar-refractivity contribution in [2.45, 2.75) is 19.9 Å². The monoisotopic (exact) mass is 264 g/mol. The van der Waals surface area contributed by atoms with Crippen molar-refractivity contribution < 1.29 is 0 Å². The Labute approximate surface area is 109 Å². The maximum absolute atomic E-state index is 4.53. The number of aromatic nitrogens is 4. The second kappa shape index (κ2) is 4.66. The highest BCUT2D eigenvalue weighted by atomic mass is 32.1. The summed E-state index contributed by atoms with van der Waals surface area (Å²) in [5, 5.41) is 13.7. The normalized spacial score (nSPS) is 20.3. The Balaban J connectivity index is 1.80. The van der Waals surface area contributed by atoms with Crippen LogP contribution in [0.15, 0.2) is 5.38 Å². The molecule has 1 fully saturated rings. The van der Waals surface area contributed by atoms with Gasteiger partial charge in [0.05, 0.1) is 5.01 Å². The fraction of sp³-hybridized carbons (Fsp3) is 0.545. The smallest absolute Gasteiger partial charge is 0.245 e. The van der Waals surface area contributed by atoms with Gasteiger partial charge < -0.3 is 10.2 Å². The number of rotatable bonds is 2. The van der Waals surface area contributed by atoms with Crippen molar-refractivity contribution in [2.24, 2.45) is 0 Å². The van der Waals surface area contributed by atoms with Crippen LogP contribution in [0.1, 0.15) is 11.9 Å². The van der Waals surface area contributed by atoms with Crippen LogP contribution >= 0.6 is 11.3 Å². The molecule has 0 aromatic carbocycles. The first-order valence-corrected chi connectivity index (χ1v) is 6.93. The average Bonchev–Trinajstić information content (AvgIpc) is 2.97. The van der Waals surface area contributed by atoms with Crippen molar-refractivity contribution in [1.29, 1.82) is 0 Å². The summed E-state index contributed by atoms with van der Waals surface area (Å²) in [6.07, 6.45) is 0. The van der Waals surface area contributed by atoms with Crippen LogP contribution in [-0.4, -0.2) is 45.8 Å². The SMILES string of the molecule is Cc1nc(-c2nc(N3CCNC(C)C3)n[nH]2)cs1. The summed E-state index contributed by atoms with van der Waals surface area (Å²) in [5.41, 5.74) is 0.874. The first-order chi connectivity index (χ1) is 8.72. The second-order valence-electron chi connectivity index (χ2n) is 4.54. The van der Waals surface area contributed by atoms with E-state index in [-0.39, 0.29) is 0 Å². The molecule has 2 aromatic rings. The molecule has 0 aliphatic carbocycles. The third-order valence-corrected chi connectivity index (χ3v) is 3.76. The van der Waals surface area contributed by atoms with Gasteiger partial charge in [-0.05, 0) is 13.8 Å². The highest BCUT2D eigenvalue weighted by Crippen LogP contribution is 2.20. The average molecular weight is 264 g/mol. The molecule has 1 saturated heterocycles. The maximum Gasteiger partial charge on any atom is 0.245 e. The number of nitrogens with zero attached hydrogens (tertiary/aromatic N) is 4. The van der Waals surface area contributed by atoms with Gasteiger partial charge in [-0.3, -0.25) is 5.10 Å². The molecule has 2 N–H and O–H groups in total. The summed E-state index contributed by atoms with van der Waals surface area (Å²) < 4.78 is 0. The zero-order chi connectivity index (χ0) is 12.5. The summed E-state index contributed by atoms with van der Waals surface area (Å²) in [4.78, 5) is 11.1. The molecular weight excluding hydrogens is 248 g/mol. The molecule has 3 heterocycles. The molecule has 1 atom stereocenters. The van der Waals surface area contributed by atoms with Gasteiger partial charge >= 0.3 is 0 Å². The Hall–Kier alpha value is -1.47. The van der Waals surface area contributed by atoms with E-state index in [4.69, 9.17) is 0 Å². The first-order valence-electron chi connectivity index (χ1n) is 6.05. The summed E-state index contributed by atoms with van der Waals surface area (Å²) in [7, 11) is 0. The Morgan fingerprint density at radius 3 is 3.06 bits per heavy atom. The van der Waals surface area contributed by atoms with Crippen molar-refractivity contribution in [2.75, 3.05) is 24.5 Å². The Bertz CT molecular complexity index is 533. The Morgan fingerprint density at radius 2 is 2.33 bits per heavy atom. The van der Waals surface area contributed by atoms with Gasteiger partial charge in [0.15, 0.2) is 5.82 Å². The van der Waals surface area contributed by atoms with Crippen molar-refractivity contribution in [1.82, 2.24) is 25.5 Å². The van der Waals surface area contributed by atoms with E-state index >= 15 is 0 Å². The van der Waals surface area contributed by atoms with Crippen LogP contribution in [0.25, 0.3) is 11.5 Å². The number of aryl methyl sites for hydroxylation is 1. The maximum atomic E-state index is 4.53. The lowest BCUT2D eigenvalue weighted by molar-refractivity contribution is 0.480. The van der Waals surface area contributed by atoms with Gasteiger partial charge in [0.1, 0.15) is 5.69 Å². The molecule has 1 aliphatic heterocycles. The molecular formula is C11H16N6S. The molecule has 18 heavy (non-hydrogen) atoms. The minimum Gasteiger partial charge on any atom is -0.337 e. The lowest BCUT2D eigenvalue weighted by Crippen LogP contribution is -2.49. The number of thiazole rings is 1. The minimum atomic E-state index is 0.474. The quantitative estimate of drug-likeness (QED) is 0.848. The van der Waals surface area contributed by atoms with Crippen molar-refractivity contribution >= 4 is 17.3 Å². The molecule has 3 rings (SSSR count). The highest BCUT2D eigenvalue weighted by molar-refractivity contribution is 7.09. The van der Waals surface area contributed by atoms with E-state index in [9.17, 15) is 0 Å². The minimum absolute atomic E-state index is 0.474. The van der Waals surface area contributed by atoms with Gasteiger partial charge in [-0.2, -0.15) is 4.98 Å². The van der Waals surface area contributed by atoms with Gasteiger partial charge in [0.2, 0.25) is 5.95 Å². The van der Waals surface area contributed by atoms with Gasteiger partial charge in [0.25, 0.3) is 0 Å². The number of aromatic amines is 1. The van der Waals surface area contributed by atoms with Crippen LogP contribution in [0.5, 0.6) is 0 Å². The zero-order valence-electron chi connectivity index (χ0n) is 10.5. The van der Waals surface area contributed by atoms with E-state index in [0.717, 1.165) is 42.1 Å². The topological polar surface area (TPSA) is 69.7 Å².